The number of carbonyl (C=O) groups excluding carboxylic acids is 1. The lowest BCUT2D eigenvalue weighted by Gasteiger charge is -2.01. The molecule has 0 aliphatic carbocycles. The first-order valence-corrected chi connectivity index (χ1v) is 3.54. The second-order valence-electron chi connectivity index (χ2n) is 2.10. The van der Waals surface area contributed by atoms with Gasteiger partial charge in [-0.25, -0.2) is 4.79 Å². The molecule has 0 bridgehead atoms. The zero-order valence-corrected chi connectivity index (χ0v) is 6.53. The molecule has 1 aromatic carbocycles. The van der Waals surface area contributed by atoms with Crippen LogP contribution in [0.4, 0.5) is 0 Å². The smallest absolute Gasteiger partial charge is 0.287 e. The van der Waals surface area contributed by atoms with Gasteiger partial charge in [-0.3, -0.25) is 9.78 Å². The van der Waals surface area contributed by atoms with E-state index in [0.717, 1.165) is 0 Å². The Hall–Kier alpha value is -1.51. The molecule has 0 aromatic heterocycles. The van der Waals surface area contributed by atoms with Gasteiger partial charge in [0.05, 0.1) is 6.42 Å². The zero-order chi connectivity index (χ0) is 8.81. The Bertz CT molecular complexity index is 243. The minimum absolute atomic E-state index is 0.0623. The molecule has 1 rings (SSSR count). The molecule has 0 saturated carbocycles. The van der Waals surface area contributed by atoms with Gasteiger partial charge in [0, 0.05) is 0 Å². The molecule has 63 valence electrons. The van der Waals surface area contributed by atoms with E-state index in [0.29, 0.717) is 5.75 Å². The summed E-state index contributed by atoms with van der Waals surface area (Å²) in [4.78, 5) is 19.6. The molecule has 3 nitrogen and oxygen atoms in total. The van der Waals surface area contributed by atoms with Crippen LogP contribution in [0.3, 0.4) is 0 Å². The van der Waals surface area contributed by atoms with Crippen molar-refractivity contribution in [3.05, 3.63) is 37.3 Å². The number of carbonyl (C=O) groups is 1. The molecule has 0 amide bonds. The van der Waals surface area contributed by atoms with Gasteiger partial charge in [-0.1, -0.05) is 18.2 Å². The maximum Gasteiger partial charge on any atom is 0.355 e. The Labute approximate surface area is 70.8 Å². The van der Waals surface area contributed by atoms with E-state index in [1.807, 2.05) is 6.07 Å². The number of benzene rings is 1. The van der Waals surface area contributed by atoms with Crippen LogP contribution in [0.15, 0.2) is 30.3 Å². The van der Waals surface area contributed by atoms with Gasteiger partial charge in [-0.05, 0) is 19.1 Å². The standard InChI is InChI=1S/C9H9O3/c1-2-9(10)12-11-8-6-4-3-5-7-8/h3-7H,1-2H2. The molecule has 0 heterocycles. The van der Waals surface area contributed by atoms with E-state index in [2.05, 4.69) is 16.7 Å². The lowest BCUT2D eigenvalue weighted by Crippen LogP contribution is -2.05. The molecule has 12 heavy (non-hydrogen) atoms. The maximum atomic E-state index is 10.6. The predicted molar refractivity (Wildman–Crippen MR) is 43.1 cm³/mol. The summed E-state index contributed by atoms with van der Waals surface area (Å²) in [6, 6.07) is 8.80. The fraction of sp³-hybridized carbons (Fsp3) is 0.111. The van der Waals surface area contributed by atoms with Gasteiger partial charge >= 0.3 is 5.97 Å². The first-order valence-electron chi connectivity index (χ1n) is 3.54. The molecule has 0 unspecified atom stereocenters. The van der Waals surface area contributed by atoms with E-state index in [1.165, 1.54) is 0 Å². The van der Waals surface area contributed by atoms with Crippen LogP contribution >= 0.6 is 0 Å². The molecule has 1 radical (unpaired) electrons. The third-order valence-electron chi connectivity index (χ3n) is 1.18. The summed E-state index contributed by atoms with van der Waals surface area (Å²) in [6.07, 6.45) is 0.0623. The normalized spacial score (nSPS) is 9.08. The van der Waals surface area contributed by atoms with Crippen LogP contribution in [0, 0.1) is 6.92 Å². The Balaban J connectivity index is 2.38. The maximum absolute atomic E-state index is 10.6. The molecule has 0 fully saturated rings. The van der Waals surface area contributed by atoms with E-state index in [9.17, 15) is 4.79 Å². The van der Waals surface area contributed by atoms with Crippen LogP contribution in [-0.4, -0.2) is 5.97 Å². The van der Waals surface area contributed by atoms with Gasteiger partial charge in [0.15, 0.2) is 5.75 Å². The van der Waals surface area contributed by atoms with Crippen LogP contribution in [0.1, 0.15) is 6.42 Å². The van der Waals surface area contributed by atoms with Crippen molar-refractivity contribution >= 4 is 5.97 Å². The highest BCUT2D eigenvalue weighted by Gasteiger charge is 1.99. The van der Waals surface area contributed by atoms with Gasteiger partial charge in [-0.2, -0.15) is 0 Å². The molecule has 3 heteroatoms. The number of hydrogen-bond donors (Lipinski definition) is 0. The number of rotatable bonds is 3. The summed E-state index contributed by atoms with van der Waals surface area (Å²) in [5.41, 5.74) is 0. The Morgan fingerprint density at radius 2 is 2.00 bits per heavy atom. The fourth-order valence-corrected chi connectivity index (χ4v) is 0.612. The highest BCUT2D eigenvalue weighted by atomic mass is 17.2. The highest BCUT2D eigenvalue weighted by Crippen LogP contribution is 2.08. The van der Waals surface area contributed by atoms with Gasteiger partial charge < -0.3 is 0 Å². The van der Waals surface area contributed by atoms with Crippen molar-refractivity contribution in [1.82, 2.24) is 0 Å². The largest absolute Gasteiger partial charge is 0.355 e. The molecule has 1 aromatic rings. The van der Waals surface area contributed by atoms with Crippen LogP contribution < -0.4 is 4.89 Å². The highest BCUT2D eigenvalue weighted by molar-refractivity contribution is 5.69. The second kappa shape index (κ2) is 4.38. The van der Waals surface area contributed by atoms with Crippen molar-refractivity contribution in [2.24, 2.45) is 0 Å². The minimum atomic E-state index is -0.487. The van der Waals surface area contributed by atoms with Crippen molar-refractivity contribution < 1.29 is 14.6 Å². The van der Waals surface area contributed by atoms with E-state index >= 15 is 0 Å². The average Bonchev–Trinajstić information content (AvgIpc) is 2.16. The Kier molecular flexibility index (Phi) is 3.14. The molecule has 0 N–H and O–H groups in total. The summed E-state index contributed by atoms with van der Waals surface area (Å²) in [5.74, 6) is 0.0122. The Morgan fingerprint density at radius 1 is 1.33 bits per heavy atom. The van der Waals surface area contributed by atoms with E-state index in [4.69, 9.17) is 0 Å². The summed E-state index contributed by atoms with van der Waals surface area (Å²) < 4.78 is 0. The third-order valence-corrected chi connectivity index (χ3v) is 1.18. The van der Waals surface area contributed by atoms with Gasteiger partial charge in [0.25, 0.3) is 0 Å². The van der Waals surface area contributed by atoms with Gasteiger partial charge in [0.1, 0.15) is 0 Å². The summed E-state index contributed by atoms with van der Waals surface area (Å²) in [5, 5.41) is 0. The monoisotopic (exact) mass is 165 g/mol. The first-order chi connectivity index (χ1) is 5.83. The van der Waals surface area contributed by atoms with Crippen LogP contribution in [-0.2, 0) is 9.68 Å². The number of para-hydroxylation sites is 1. The molecule has 0 aliphatic heterocycles. The van der Waals surface area contributed by atoms with Crippen molar-refractivity contribution in [1.29, 1.82) is 0 Å². The third kappa shape index (κ3) is 2.62. The van der Waals surface area contributed by atoms with Crippen molar-refractivity contribution in [3.63, 3.8) is 0 Å². The molecular formula is C9H9O3. The summed E-state index contributed by atoms with van der Waals surface area (Å²) >= 11 is 0. The lowest BCUT2D eigenvalue weighted by molar-refractivity contribution is -0.212. The van der Waals surface area contributed by atoms with Crippen molar-refractivity contribution in [2.45, 2.75) is 6.42 Å². The lowest BCUT2D eigenvalue weighted by atomic mass is 10.3. The van der Waals surface area contributed by atoms with E-state index < -0.39 is 5.97 Å². The Morgan fingerprint density at radius 3 is 2.58 bits per heavy atom. The average molecular weight is 165 g/mol. The zero-order valence-electron chi connectivity index (χ0n) is 6.53. The summed E-state index contributed by atoms with van der Waals surface area (Å²) in [7, 11) is 0. The van der Waals surface area contributed by atoms with Crippen molar-refractivity contribution in [2.75, 3.05) is 0 Å². The predicted octanol–water partition coefficient (Wildman–Crippen LogP) is 1.75. The SMILES string of the molecule is [CH2]CC(=O)OOc1ccccc1. The fourth-order valence-electron chi connectivity index (χ4n) is 0.612. The summed E-state index contributed by atoms with van der Waals surface area (Å²) in [6.45, 7) is 3.34. The molecule has 0 spiro atoms. The number of hydrogen-bond acceptors (Lipinski definition) is 3. The molecule has 0 aliphatic rings. The quantitative estimate of drug-likeness (QED) is 0.505. The van der Waals surface area contributed by atoms with Gasteiger partial charge in [-0.15, -0.1) is 0 Å². The minimum Gasteiger partial charge on any atom is -0.287 e. The van der Waals surface area contributed by atoms with E-state index in [-0.39, 0.29) is 6.42 Å². The first kappa shape index (κ1) is 8.59. The molecule has 0 saturated heterocycles. The molecular weight excluding hydrogens is 156 g/mol. The van der Waals surface area contributed by atoms with Crippen LogP contribution in [0.2, 0.25) is 0 Å². The molecule has 0 atom stereocenters. The van der Waals surface area contributed by atoms with Crippen LogP contribution in [0.5, 0.6) is 5.75 Å². The van der Waals surface area contributed by atoms with E-state index in [1.54, 1.807) is 24.3 Å². The van der Waals surface area contributed by atoms with Crippen LogP contribution in [0.25, 0.3) is 0 Å². The second-order valence-corrected chi connectivity index (χ2v) is 2.10. The van der Waals surface area contributed by atoms with Crippen molar-refractivity contribution in [3.8, 4) is 5.75 Å². The topological polar surface area (TPSA) is 35.5 Å². The van der Waals surface area contributed by atoms with Gasteiger partial charge in [0.2, 0.25) is 0 Å².